The van der Waals surface area contributed by atoms with Crippen LogP contribution >= 0.6 is 0 Å². The Kier molecular flexibility index (Phi) is 1.42. The first kappa shape index (κ1) is 7.53. The molecular weight excluding hydrogens is 174 g/mol. The van der Waals surface area contributed by atoms with Gasteiger partial charge in [0.1, 0.15) is 5.52 Å². The van der Waals surface area contributed by atoms with Gasteiger partial charge in [-0.05, 0) is 12.1 Å². The van der Waals surface area contributed by atoms with Crippen LogP contribution < -0.4 is 0 Å². The number of hydrogen-bond acceptors (Lipinski definition) is 4. The number of benzene rings is 1. The monoisotopic (exact) mass is 179 g/mol. The van der Waals surface area contributed by atoms with E-state index in [0.717, 1.165) is 0 Å². The molecule has 1 heterocycles. The first-order chi connectivity index (χ1) is 6.20. The minimum absolute atomic E-state index is 0.282. The lowest BCUT2D eigenvalue weighted by molar-refractivity contribution is -0.548. The molecule has 1 aromatic carbocycles. The van der Waals surface area contributed by atoms with Crippen molar-refractivity contribution in [3.63, 3.8) is 0 Å². The molecular formula is C7H5N3O3. The van der Waals surface area contributed by atoms with Crippen molar-refractivity contribution in [1.29, 1.82) is 0 Å². The Bertz CT molecular complexity index is 477. The highest BCUT2D eigenvalue weighted by Gasteiger charge is 2.17. The van der Waals surface area contributed by atoms with E-state index in [2.05, 4.69) is 5.10 Å². The summed E-state index contributed by atoms with van der Waals surface area (Å²) in [6, 6.07) is 6.40. The number of nitro groups is 1. The Morgan fingerprint density at radius 3 is 2.85 bits per heavy atom. The number of aromatic nitrogens is 2. The summed E-state index contributed by atoms with van der Waals surface area (Å²) < 4.78 is 0. The van der Waals surface area contributed by atoms with Crippen LogP contribution in [0.4, 0.5) is 0 Å². The van der Waals surface area contributed by atoms with Gasteiger partial charge in [0.2, 0.25) is 0 Å². The van der Waals surface area contributed by atoms with Crippen molar-refractivity contribution in [3.05, 3.63) is 34.4 Å². The summed E-state index contributed by atoms with van der Waals surface area (Å²) in [6.45, 7) is 0. The van der Waals surface area contributed by atoms with Crippen LogP contribution in [0, 0.1) is 10.1 Å². The Morgan fingerprint density at radius 2 is 2.15 bits per heavy atom. The topological polar surface area (TPSA) is 81.2 Å². The summed E-state index contributed by atoms with van der Waals surface area (Å²) in [4.78, 5) is 11.0. The van der Waals surface area contributed by atoms with Crippen molar-refractivity contribution in [1.82, 2.24) is 9.89 Å². The number of para-hydroxylation sites is 1. The molecule has 13 heavy (non-hydrogen) atoms. The van der Waals surface area contributed by atoms with Gasteiger partial charge in [-0.3, -0.25) is 0 Å². The standard InChI is InChI=1S/C7H5N3O3/c11-7-5-3-1-2-4-6(5)9(8-7)10(12)13/h1-4H,(H,8,11). The molecule has 1 N–H and O–H groups in total. The van der Waals surface area contributed by atoms with Gasteiger partial charge in [-0.15, -0.1) is 0 Å². The minimum atomic E-state index is -0.692. The second-order valence-corrected chi connectivity index (χ2v) is 2.47. The molecule has 1 aromatic heterocycles. The third-order valence-corrected chi connectivity index (χ3v) is 1.70. The number of aromatic hydroxyl groups is 1. The van der Waals surface area contributed by atoms with E-state index >= 15 is 0 Å². The van der Waals surface area contributed by atoms with Crippen LogP contribution in [-0.2, 0) is 0 Å². The lowest BCUT2D eigenvalue weighted by Crippen LogP contribution is -2.09. The quantitative estimate of drug-likeness (QED) is 0.518. The van der Waals surface area contributed by atoms with E-state index in [-0.39, 0.29) is 11.4 Å². The summed E-state index contributed by atoms with van der Waals surface area (Å²) in [5.74, 6) is -0.327. The second-order valence-electron chi connectivity index (χ2n) is 2.47. The summed E-state index contributed by atoms with van der Waals surface area (Å²) in [7, 11) is 0. The van der Waals surface area contributed by atoms with Gasteiger partial charge in [0, 0.05) is 4.79 Å². The number of rotatable bonds is 1. The van der Waals surface area contributed by atoms with Crippen LogP contribution in [0.25, 0.3) is 10.9 Å². The number of hydrogen-bond donors (Lipinski definition) is 1. The van der Waals surface area contributed by atoms with E-state index in [1.165, 1.54) is 6.07 Å². The fourth-order valence-electron chi connectivity index (χ4n) is 1.16. The molecule has 0 saturated carbocycles. The van der Waals surface area contributed by atoms with E-state index in [4.69, 9.17) is 0 Å². The fraction of sp³-hybridized carbons (Fsp3) is 0. The molecule has 2 aromatic rings. The van der Waals surface area contributed by atoms with Crippen LogP contribution in [0.3, 0.4) is 0 Å². The van der Waals surface area contributed by atoms with E-state index in [9.17, 15) is 15.2 Å². The van der Waals surface area contributed by atoms with Crippen LogP contribution in [0.15, 0.2) is 24.3 Å². The largest absolute Gasteiger partial charge is 0.473 e. The van der Waals surface area contributed by atoms with Crippen LogP contribution in [-0.4, -0.2) is 20.0 Å². The Morgan fingerprint density at radius 1 is 1.46 bits per heavy atom. The summed E-state index contributed by atoms with van der Waals surface area (Å²) in [5, 5.41) is 22.7. The first-order valence-electron chi connectivity index (χ1n) is 3.51. The molecule has 0 aliphatic carbocycles. The van der Waals surface area contributed by atoms with Gasteiger partial charge >= 0.3 is 5.88 Å². The maximum atomic E-state index is 10.4. The third-order valence-electron chi connectivity index (χ3n) is 1.70. The van der Waals surface area contributed by atoms with Gasteiger partial charge in [0.25, 0.3) is 0 Å². The molecule has 2 rings (SSSR count). The average molecular weight is 179 g/mol. The highest BCUT2D eigenvalue weighted by Crippen LogP contribution is 2.22. The van der Waals surface area contributed by atoms with E-state index in [1.54, 1.807) is 18.2 Å². The molecule has 0 atom stereocenters. The molecule has 0 aliphatic heterocycles. The number of nitrogens with zero attached hydrogens (tertiary/aromatic N) is 3. The van der Waals surface area contributed by atoms with Crippen molar-refractivity contribution in [2.24, 2.45) is 0 Å². The molecule has 0 bridgehead atoms. The van der Waals surface area contributed by atoms with E-state index in [0.29, 0.717) is 10.2 Å². The molecule has 0 aliphatic rings. The molecule has 0 radical (unpaired) electrons. The van der Waals surface area contributed by atoms with Crippen molar-refractivity contribution in [2.45, 2.75) is 0 Å². The second kappa shape index (κ2) is 2.44. The van der Waals surface area contributed by atoms with E-state index in [1.807, 2.05) is 0 Å². The first-order valence-corrected chi connectivity index (χ1v) is 3.51. The van der Waals surface area contributed by atoms with Gasteiger partial charge < -0.3 is 15.2 Å². The van der Waals surface area contributed by atoms with Crippen molar-refractivity contribution < 1.29 is 10.1 Å². The number of fused-ring (bicyclic) bond motifs is 1. The van der Waals surface area contributed by atoms with Gasteiger partial charge in [-0.1, -0.05) is 12.1 Å². The van der Waals surface area contributed by atoms with Crippen molar-refractivity contribution in [3.8, 4) is 5.88 Å². The zero-order chi connectivity index (χ0) is 9.42. The Labute approximate surface area is 72.1 Å². The lowest BCUT2D eigenvalue weighted by Gasteiger charge is -1.91. The fourth-order valence-corrected chi connectivity index (χ4v) is 1.16. The zero-order valence-electron chi connectivity index (χ0n) is 6.41. The van der Waals surface area contributed by atoms with Crippen molar-refractivity contribution >= 4 is 10.9 Å². The smallest absolute Gasteiger partial charge is 0.361 e. The lowest BCUT2D eigenvalue weighted by atomic mass is 10.2. The molecule has 66 valence electrons. The molecule has 6 heteroatoms. The summed E-state index contributed by atoms with van der Waals surface area (Å²) >= 11 is 0. The van der Waals surface area contributed by atoms with Crippen molar-refractivity contribution in [2.75, 3.05) is 0 Å². The summed E-state index contributed by atoms with van der Waals surface area (Å²) in [5.41, 5.74) is 0.282. The van der Waals surface area contributed by atoms with Crippen LogP contribution in [0.1, 0.15) is 0 Å². The van der Waals surface area contributed by atoms with Gasteiger partial charge in [0.05, 0.1) is 15.5 Å². The molecule has 0 spiro atoms. The Hall–Kier alpha value is -2.11. The minimum Gasteiger partial charge on any atom is -0.473 e. The van der Waals surface area contributed by atoms with Gasteiger partial charge in [-0.25, -0.2) is 0 Å². The molecule has 0 fully saturated rings. The predicted octanol–water partition coefficient (Wildman–Crippen LogP) is 0.782. The van der Waals surface area contributed by atoms with Crippen LogP contribution in [0.2, 0.25) is 0 Å². The average Bonchev–Trinajstić information content (AvgIpc) is 2.45. The van der Waals surface area contributed by atoms with Crippen LogP contribution in [0.5, 0.6) is 5.88 Å². The molecule has 6 nitrogen and oxygen atoms in total. The zero-order valence-corrected chi connectivity index (χ0v) is 6.41. The SMILES string of the molecule is O=[N+]([O-])n1nc(O)c2ccccc21. The highest BCUT2D eigenvalue weighted by molar-refractivity contribution is 5.83. The summed E-state index contributed by atoms with van der Waals surface area (Å²) in [6.07, 6.45) is 0. The Balaban J connectivity index is 2.85. The maximum absolute atomic E-state index is 10.4. The maximum Gasteiger partial charge on any atom is 0.361 e. The van der Waals surface area contributed by atoms with Gasteiger partial charge in [0.15, 0.2) is 0 Å². The highest BCUT2D eigenvalue weighted by atomic mass is 16.7. The predicted molar refractivity (Wildman–Crippen MR) is 43.8 cm³/mol. The molecule has 0 unspecified atom stereocenters. The molecule has 0 saturated heterocycles. The van der Waals surface area contributed by atoms with Gasteiger partial charge in [-0.2, -0.15) is 0 Å². The normalized spacial score (nSPS) is 10.5. The van der Waals surface area contributed by atoms with E-state index < -0.39 is 5.03 Å². The third kappa shape index (κ3) is 0.994. The molecule has 0 amide bonds.